The molecule has 3 nitrogen and oxygen atoms in total. The van der Waals surface area contributed by atoms with Crippen LogP contribution in [0.2, 0.25) is 0 Å². The van der Waals surface area contributed by atoms with Crippen molar-refractivity contribution in [1.29, 1.82) is 0 Å². The largest absolute Gasteiger partial charge is 0.375 e. The highest BCUT2D eigenvalue weighted by Crippen LogP contribution is 2.60. The van der Waals surface area contributed by atoms with E-state index < -0.39 is 0 Å². The van der Waals surface area contributed by atoms with Crippen LogP contribution in [-0.4, -0.2) is 10.8 Å². The van der Waals surface area contributed by atoms with Crippen LogP contribution in [-0.2, 0) is 0 Å². The average molecular weight is 456 g/mol. The number of unbranched alkanes of at least 4 members (excludes halogenated alkanes) is 11. The van der Waals surface area contributed by atoms with E-state index in [1.54, 1.807) is 0 Å². The van der Waals surface area contributed by atoms with Crippen molar-refractivity contribution < 1.29 is 0 Å². The van der Waals surface area contributed by atoms with E-state index in [2.05, 4.69) is 12.3 Å². The van der Waals surface area contributed by atoms with Crippen LogP contribution >= 0.6 is 24.6 Å². The Morgan fingerprint density at radius 1 is 0.900 bits per heavy atom. The number of thiocarbonyl (C=S) groups is 1. The van der Waals surface area contributed by atoms with E-state index in [1.807, 2.05) is 0 Å². The summed E-state index contributed by atoms with van der Waals surface area (Å²) in [4.78, 5) is 0. The molecule has 0 aromatic heterocycles. The minimum atomic E-state index is 0. The fourth-order valence-corrected chi connectivity index (χ4v) is 6.96. The highest BCUT2D eigenvalue weighted by molar-refractivity contribution is 7.80. The molecule has 4 saturated carbocycles. The fourth-order valence-electron chi connectivity index (χ4n) is 6.91. The van der Waals surface area contributed by atoms with E-state index in [1.165, 1.54) is 121 Å². The summed E-state index contributed by atoms with van der Waals surface area (Å²) in [6, 6.07) is 0. The molecule has 4 fully saturated rings. The first-order valence-corrected chi connectivity index (χ1v) is 13.2. The molecular formula is C25H46ClN3S. The Bertz CT molecular complexity index is 537. The molecule has 0 heterocycles. The maximum atomic E-state index is 5.67. The van der Waals surface area contributed by atoms with Crippen LogP contribution in [0.1, 0.15) is 122 Å². The van der Waals surface area contributed by atoms with Crippen molar-refractivity contribution in [2.45, 2.75) is 122 Å². The van der Waals surface area contributed by atoms with Gasteiger partial charge in [0, 0.05) is 17.0 Å². The summed E-state index contributed by atoms with van der Waals surface area (Å²) in [5.41, 5.74) is 10.4. The van der Waals surface area contributed by atoms with Crippen molar-refractivity contribution in [3.63, 3.8) is 0 Å². The Labute approximate surface area is 197 Å². The van der Waals surface area contributed by atoms with E-state index >= 15 is 0 Å². The molecule has 0 aromatic rings. The van der Waals surface area contributed by atoms with E-state index in [0.29, 0.717) is 16.4 Å². The van der Waals surface area contributed by atoms with Crippen LogP contribution < -0.4 is 11.2 Å². The van der Waals surface area contributed by atoms with E-state index in [9.17, 15) is 0 Å². The SMILES string of the molecule is CCCCCCCCCCCCCCC12C[C@@H]3CC(C[C@@H](C3)C1)/C2=N\NC(N)=S.Cl. The van der Waals surface area contributed by atoms with Crippen molar-refractivity contribution in [2.75, 3.05) is 0 Å². The molecule has 3 N–H and O–H groups in total. The molecule has 4 aliphatic rings. The van der Waals surface area contributed by atoms with Crippen molar-refractivity contribution in [3.05, 3.63) is 0 Å². The number of hydrogen-bond acceptors (Lipinski definition) is 2. The van der Waals surface area contributed by atoms with Crippen molar-refractivity contribution >= 4 is 35.4 Å². The highest BCUT2D eigenvalue weighted by Gasteiger charge is 2.54. The van der Waals surface area contributed by atoms with Crippen LogP contribution in [0.25, 0.3) is 0 Å². The molecule has 4 atom stereocenters. The van der Waals surface area contributed by atoms with Gasteiger partial charge in [0.1, 0.15) is 0 Å². The first kappa shape index (κ1) is 25.9. The number of nitrogens with one attached hydrogen (secondary N) is 1. The van der Waals surface area contributed by atoms with Gasteiger partial charge in [-0.25, -0.2) is 0 Å². The predicted octanol–water partition coefficient (Wildman–Crippen LogP) is 7.51. The van der Waals surface area contributed by atoms with E-state index in [0.717, 1.165) is 11.8 Å². The molecular weight excluding hydrogens is 410 g/mol. The summed E-state index contributed by atoms with van der Waals surface area (Å²) in [6.07, 6.45) is 25.3. The lowest BCUT2D eigenvalue weighted by Gasteiger charge is -2.57. The first-order valence-electron chi connectivity index (χ1n) is 12.8. The van der Waals surface area contributed by atoms with Crippen molar-refractivity contribution in [1.82, 2.24) is 5.43 Å². The van der Waals surface area contributed by atoms with Gasteiger partial charge >= 0.3 is 0 Å². The second kappa shape index (κ2) is 13.3. The molecule has 0 saturated heterocycles. The number of hydrogen-bond donors (Lipinski definition) is 2. The Balaban J connectivity index is 0.00000320. The second-order valence-electron chi connectivity index (χ2n) is 10.4. The van der Waals surface area contributed by atoms with Crippen molar-refractivity contribution in [3.8, 4) is 0 Å². The zero-order chi connectivity index (χ0) is 20.5. The lowest BCUT2D eigenvalue weighted by Crippen LogP contribution is -2.54. The van der Waals surface area contributed by atoms with Gasteiger partial charge in [-0.3, -0.25) is 5.43 Å². The van der Waals surface area contributed by atoms with Crippen LogP contribution in [0.15, 0.2) is 5.10 Å². The number of hydrazone groups is 1. The molecule has 4 rings (SSSR count). The smallest absolute Gasteiger partial charge is 0.184 e. The molecule has 0 spiro atoms. The molecule has 4 bridgehead atoms. The first-order chi connectivity index (χ1) is 14.1. The van der Waals surface area contributed by atoms with E-state index in [4.69, 9.17) is 23.1 Å². The summed E-state index contributed by atoms with van der Waals surface area (Å²) in [5, 5.41) is 5.08. The summed E-state index contributed by atoms with van der Waals surface area (Å²) in [5.74, 6) is 2.60. The molecule has 174 valence electrons. The standard InChI is InChI=1S/C25H45N3S.ClH/c1-2-3-4-5-6-7-8-9-10-11-12-13-14-25-18-20-15-21(19-25)17-22(16-20)23(25)27-28-24(26)29;/h20-22H,2-19H2,1H3,(H3,26,28,29);1H/b27-23+;/t20-,21+,22?,25?;. The Morgan fingerprint density at radius 2 is 1.40 bits per heavy atom. The van der Waals surface area contributed by atoms with Gasteiger partial charge in [0.05, 0.1) is 0 Å². The molecule has 2 unspecified atom stereocenters. The van der Waals surface area contributed by atoms with Crippen LogP contribution in [0.3, 0.4) is 0 Å². The molecule has 5 heteroatoms. The number of nitrogens with zero attached hydrogens (tertiary/aromatic N) is 1. The van der Waals surface area contributed by atoms with Gasteiger partial charge in [-0.1, -0.05) is 84.0 Å². The quantitative estimate of drug-likeness (QED) is 0.162. The van der Waals surface area contributed by atoms with Crippen LogP contribution in [0.5, 0.6) is 0 Å². The van der Waals surface area contributed by atoms with Crippen LogP contribution in [0, 0.1) is 23.2 Å². The monoisotopic (exact) mass is 455 g/mol. The highest BCUT2D eigenvalue weighted by atomic mass is 35.5. The molecule has 4 aliphatic carbocycles. The van der Waals surface area contributed by atoms with Gasteiger partial charge in [0.25, 0.3) is 0 Å². The Kier molecular flexibility index (Phi) is 11.4. The molecule has 0 aromatic carbocycles. The van der Waals surface area contributed by atoms with Gasteiger partial charge in [-0.05, 0) is 62.6 Å². The van der Waals surface area contributed by atoms with Crippen molar-refractivity contribution in [2.24, 2.45) is 34.0 Å². The number of nitrogens with two attached hydrogens (primary N) is 1. The summed E-state index contributed by atoms with van der Waals surface area (Å²) >= 11 is 5.02. The molecule has 0 aliphatic heterocycles. The van der Waals surface area contributed by atoms with Crippen LogP contribution in [0.4, 0.5) is 0 Å². The topological polar surface area (TPSA) is 50.4 Å². The number of rotatable bonds is 14. The zero-order valence-corrected chi connectivity index (χ0v) is 20.9. The number of halogens is 1. The van der Waals surface area contributed by atoms with E-state index in [-0.39, 0.29) is 12.4 Å². The van der Waals surface area contributed by atoms with Gasteiger partial charge in [0.2, 0.25) is 0 Å². The molecule has 0 amide bonds. The Morgan fingerprint density at radius 3 is 1.90 bits per heavy atom. The lowest BCUT2D eigenvalue weighted by molar-refractivity contribution is 0.0397. The molecule has 0 radical (unpaired) electrons. The lowest BCUT2D eigenvalue weighted by atomic mass is 9.47. The zero-order valence-electron chi connectivity index (χ0n) is 19.3. The van der Waals surface area contributed by atoms with Gasteiger partial charge < -0.3 is 5.73 Å². The maximum Gasteiger partial charge on any atom is 0.184 e. The summed E-state index contributed by atoms with van der Waals surface area (Å²) in [7, 11) is 0. The average Bonchev–Trinajstić information content (AvgIpc) is 2.67. The third-order valence-corrected chi connectivity index (χ3v) is 8.08. The minimum absolute atomic E-state index is 0. The third kappa shape index (κ3) is 7.36. The van der Waals surface area contributed by atoms with Gasteiger partial charge in [0.15, 0.2) is 5.11 Å². The summed E-state index contributed by atoms with van der Waals surface area (Å²) in [6.45, 7) is 2.29. The predicted molar refractivity (Wildman–Crippen MR) is 136 cm³/mol. The fraction of sp³-hybridized carbons (Fsp3) is 0.920. The minimum Gasteiger partial charge on any atom is -0.375 e. The third-order valence-electron chi connectivity index (χ3n) is 7.99. The molecule has 30 heavy (non-hydrogen) atoms. The normalized spacial score (nSPS) is 30.4. The second-order valence-corrected chi connectivity index (χ2v) is 10.9. The van der Waals surface area contributed by atoms with Gasteiger partial charge in [-0.2, -0.15) is 5.10 Å². The maximum absolute atomic E-state index is 5.67. The Hall–Kier alpha value is -0.350. The van der Waals surface area contributed by atoms with Gasteiger partial charge in [-0.15, -0.1) is 12.4 Å². The summed E-state index contributed by atoms with van der Waals surface area (Å²) < 4.78 is 0.